The number of hydrogen-bond donors (Lipinski definition) is 1. The average Bonchev–Trinajstić information content (AvgIpc) is 2.37. The standard InChI is InChI=1S/C14H12Br2FNO/c1-18-8-9-2-4-11(7-12(9)16)19-14-6-10(15)3-5-13(14)17/h2-7,18H,8H2,1H3. The summed E-state index contributed by atoms with van der Waals surface area (Å²) in [7, 11) is 1.88. The first kappa shape index (κ1) is 14.5. The highest BCUT2D eigenvalue weighted by molar-refractivity contribution is 9.10. The van der Waals surface area contributed by atoms with Gasteiger partial charge in [0.15, 0.2) is 11.6 Å². The molecule has 2 nitrogen and oxygen atoms in total. The van der Waals surface area contributed by atoms with E-state index in [9.17, 15) is 4.39 Å². The van der Waals surface area contributed by atoms with Crippen LogP contribution in [0.2, 0.25) is 0 Å². The molecule has 100 valence electrons. The van der Waals surface area contributed by atoms with E-state index < -0.39 is 5.82 Å². The molecule has 1 N–H and O–H groups in total. The predicted octanol–water partition coefficient (Wildman–Crippen LogP) is 4.86. The molecule has 0 unspecified atom stereocenters. The minimum atomic E-state index is -0.390. The number of ether oxygens (including phenoxy) is 1. The fraction of sp³-hybridized carbons (Fsp3) is 0.143. The molecule has 0 amide bonds. The van der Waals surface area contributed by atoms with Crippen LogP contribution in [-0.4, -0.2) is 7.05 Å². The van der Waals surface area contributed by atoms with Gasteiger partial charge in [-0.2, -0.15) is 0 Å². The quantitative estimate of drug-likeness (QED) is 0.807. The number of hydrogen-bond acceptors (Lipinski definition) is 2. The second-order valence-corrected chi connectivity index (χ2v) is 5.73. The SMILES string of the molecule is CNCc1ccc(Oc2cc(Br)ccc2F)cc1Br. The van der Waals surface area contributed by atoms with Crippen LogP contribution in [-0.2, 0) is 6.54 Å². The molecule has 0 saturated carbocycles. The van der Waals surface area contributed by atoms with Crippen LogP contribution in [0.3, 0.4) is 0 Å². The van der Waals surface area contributed by atoms with Gasteiger partial charge in [-0.1, -0.05) is 37.9 Å². The Hall–Kier alpha value is -0.910. The lowest BCUT2D eigenvalue weighted by atomic mass is 10.2. The Kier molecular flexibility index (Phi) is 4.96. The third-order valence-corrected chi connectivity index (χ3v) is 3.74. The van der Waals surface area contributed by atoms with E-state index in [0.29, 0.717) is 5.75 Å². The zero-order chi connectivity index (χ0) is 13.8. The van der Waals surface area contributed by atoms with Crippen LogP contribution in [0, 0.1) is 5.82 Å². The number of rotatable bonds is 4. The Balaban J connectivity index is 2.24. The van der Waals surface area contributed by atoms with E-state index in [4.69, 9.17) is 4.74 Å². The smallest absolute Gasteiger partial charge is 0.165 e. The van der Waals surface area contributed by atoms with Crippen LogP contribution in [0.5, 0.6) is 11.5 Å². The van der Waals surface area contributed by atoms with Gasteiger partial charge in [0.2, 0.25) is 0 Å². The predicted molar refractivity (Wildman–Crippen MR) is 81.1 cm³/mol. The van der Waals surface area contributed by atoms with Gasteiger partial charge < -0.3 is 10.1 Å². The van der Waals surface area contributed by atoms with Crippen molar-refractivity contribution in [3.8, 4) is 11.5 Å². The Morgan fingerprint density at radius 2 is 1.95 bits per heavy atom. The molecular formula is C14H12Br2FNO. The molecule has 19 heavy (non-hydrogen) atoms. The van der Waals surface area contributed by atoms with E-state index in [1.807, 2.05) is 25.2 Å². The first-order valence-electron chi connectivity index (χ1n) is 5.66. The minimum Gasteiger partial charge on any atom is -0.454 e. The molecule has 2 rings (SSSR count). The summed E-state index contributed by atoms with van der Waals surface area (Å²) in [6, 6.07) is 10.2. The summed E-state index contributed by atoms with van der Waals surface area (Å²) in [6.07, 6.45) is 0. The second-order valence-electron chi connectivity index (χ2n) is 3.96. The molecule has 0 aliphatic heterocycles. The molecule has 0 radical (unpaired) electrons. The summed E-state index contributed by atoms with van der Waals surface area (Å²) < 4.78 is 20.8. The van der Waals surface area contributed by atoms with Crippen LogP contribution < -0.4 is 10.1 Å². The zero-order valence-corrected chi connectivity index (χ0v) is 13.4. The van der Waals surface area contributed by atoms with E-state index in [2.05, 4.69) is 37.2 Å². The Bertz CT molecular complexity index is 590. The van der Waals surface area contributed by atoms with Crippen molar-refractivity contribution in [2.45, 2.75) is 6.54 Å². The van der Waals surface area contributed by atoms with Crippen LogP contribution in [0.25, 0.3) is 0 Å². The molecule has 0 aromatic heterocycles. The lowest BCUT2D eigenvalue weighted by molar-refractivity contribution is 0.441. The third kappa shape index (κ3) is 3.78. The van der Waals surface area contributed by atoms with Crippen LogP contribution in [0.4, 0.5) is 4.39 Å². The molecule has 0 saturated heterocycles. The lowest BCUT2D eigenvalue weighted by Gasteiger charge is -2.10. The summed E-state index contributed by atoms with van der Waals surface area (Å²) in [6.45, 7) is 0.756. The molecule has 0 aliphatic carbocycles. The topological polar surface area (TPSA) is 21.3 Å². The molecule has 2 aromatic carbocycles. The van der Waals surface area contributed by atoms with Crippen molar-refractivity contribution in [3.63, 3.8) is 0 Å². The highest BCUT2D eigenvalue weighted by Crippen LogP contribution is 2.30. The number of halogens is 3. The largest absolute Gasteiger partial charge is 0.454 e. The Morgan fingerprint density at radius 3 is 2.63 bits per heavy atom. The van der Waals surface area contributed by atoms with Crippen molar-refractivity contribution in [3.05, 3.63) is 56.7 Å². The van der Waals surface area contributed by atoms with Gasteiger partial charge in [-0.25, -0.2) is 4.39 Å². The summed E-state index contributed by atoms with van der Waals surface area (Å²) in [4.78, 5) is 0. The van der Waals surface area contributed by atoms with Gasteiger partial charge in [0.1, 0.15) is 5.75 Å². The van der Waals surface area contributed by atoms with Crippen LogP contribution in [0.1, 0.15) is 5.56 Å². The molecule has 0 bridgehead atoms. The van der Waals surface area contributed by atoms with E-state index in [0.717, 1.165) is 21.1 Å². The molecule has 0 aliphatic rings. The van der Waals surface area contributed by atoms with Crippen molar-refractivity contribution in [2.75, 3.05) is 7.05 Å². The van der Waals surface area contributed by atoms with Crippen molar-refractivity contribution >= 4 is 31.9 Å². The van der Waals surface area contributed by atoms with E-state index in [1.165, 1.54) is 6.07 Å². The van der Waals surface area contributed by atoms with E-state index in [1.54, 1.807) is 12.1 Å². The average molecular weight is 389 g/mol. The van der Waals surface area contributed by atoms with Gasteiger partial charge in [-0.05, 0) is 42.9 Å². The first-order valence-corrected chi connectivity index (χ1v) is 7.24. The summed E-state index contributed by atoms with van der Waals surface area (Å²) in [5.41, 5.74) is 1.12. The maximum Gasteiger partial charge on any atom is 0.165 e. The fourth-order valence-corrected chi connectivity index (χ4v) is 2.45. The molecule has 2 aromatic rings. The van der Waals surface area contributed by atoms with Gasteiger partial charge >= 0.3 is 0 Å². The van der Waals surface area contributed by atoms with Crippen molar-refractivity contribution in [2.24, 2.45) is 0 Å². The highest BCUT2D eigenvalue weighted by Gasteiger charge is 2.07. The number of benzene rings is 2. The van der Waals surface area contributed by atoms with Gasteiger partial charge in [0.25, 0.3) is 0 Å². The van der Waals surface area contributed by atoms with Gasteiger partial charge in [-0.15, -0.1) is 0 Å². The molecule has 0 atom stereocenters. The maximum absolute atomic E-state index is 13.6. The van der Waals surface area contributed by atoms with E-state index >= 15 is 0 Å². The van der Waals surface area contributed by atoms with Crippen molar-refractivity contribution in [1.29, 1.82) is 0 Å². The second kappa shape index (κ2) is 6.50. The Morgan fingerprint density at radius 1 is 1.16 bits per heavy atom. The zero-order valence-electron chi connectivity index (χ0n) is 10.2. The molecule has 5 heteroatoms. The summed E-state index contributed by atoms with van der Waals surface area (Å²) >= 11 is 6.76. The van der Waals surface area contributed by atoms with Crippen molar-refractivity contribution in [1.82, 2.24) is 5.32 Å². The van der Waals surface area contributed by atoms with Crippen molar-refractivity contribution < 1.29 is 9.13 Å². The Labute approximate surface area is 128 Å². The fourth-order valence-electron chi connectivity index (χ4n) is 1.61. The molecule has 0 heterocycles. The maximum atomic E-state index is 13.6. The van der Waals surface area contributed by atoms with E-state index in [-0.39, 0.29) is 5.75 Å². The normalized spacial score (nSPS) is 10.5. The molecule has 0 spiro atoms. The van der Waals surface area contributed by atoms with Gasteiger partial charge in [0.05, 0.1) is 0 Å². The van der Waals surface area contributed by atoms with Gasteiger partial charge in [0, 0.05) is 15.5 Å². The van der Waals surface area contributed by atoms with Gasteiger partial charge in [-0.3, -0.25) is 0 Å². The van der Waals surface area contributed by atoms with Crippen LogP contribution in [0.15, 0.2) is 45.3 Å². The summed E-state index contributed by atoms with van der Waals surface area (Å²) in [5, 5.41) is 3.07. The summed E-state index contributed by atoms with van der Waals surface area (Å²) in [5.74, 6) is 0.394. The minimum absolute atomic E-state index is 0.197. The monoisotopic (exact) mass is 387 g/mol. The lowest BCUT2D eigenvalue weighted by Crippen LogP contribution is -2.05. The number of nitrogens with one attached hydrogen (secondary N) is 1. The molecular weight excluding hydrogens is 377 g/mol. The van der Waals surface area contributed by atoms with Crippen LogP contribution >= 0.6 is 31.9 Å². The highest BCUT2D eigenvalue weighted by atomic mass is 79.9. The first-order chi connectivity index (χ1) is 9.10. The molecule has 0 fully saturated rings. The third-order valence-electron chi connectivity index (χ3n) is 2.51.